The zero-order valence-electron chi connectivity index (χ0n) is 21.4. The van der Waals surface area contributed by atoms with Gasteiger partial charge in [-0.2, -0.15) is 0 Å². The van der Waals surface area contributed by atoms with Crippen molar-refractivity contribution in [1.82, 2.24) is 4.98 Å². The fourth-order valence-corrected chi connectivity index (χ4v) is 3.92. The van der Waals surface area contributed by atoms with E-state index in [0.29, 0.717) is 11.8 Å². The summed E-state index contributed by atoms with van der Waals surface area (Å²) >= 11 is 0.194. The number of halogens is 2. The molecule has 0 aliphatic heterocycles. The Hall–Kier alpha value is -2.23. The Bertz CT molecular complexity index is 1110. The van der Waals surface area contributed by atoms with Gasteiger partial charge in [0.1, 0.15) is 22.8 Å². The van der Waals surface area contributed by atoms with E-state index in [1.165, 1.54) is 11.1 Å². The molecule has 0 aliphatic carbocycles. The van der Waals surface area contributed by atoms with Crippen LogP contribution in [0.3, 0.4) is 0 Å². The van der Waals surface area contributed by atoms with Gasteiger partial charge in [0.05, 0.1) is 11.4 Å². The minimum absolute atomic E-state index is 0.194. The van der Waals surface area contributed by atoms with Crippen LogP contribution < -0.4 is 0 Å². The zero-order valence-corrected chi connectivity index (χ0v) is 24.0. The van der Waals surface area contributed by atoms with Crippen LogP contribution in [-0.2, 0) is 13.1 Å². The normalized spacial score (nSPS) is 12.7. The first-order valence-electron chi connectivity index (χ1n) is 11.5. The van der Waals surface area contributed by atoms with Crippen LogP contribution in [0.5, 0.6) is 0 Å². The molecule has 0 unspecified atom stereocenters. The van der Waals surface area contributed by atoms with Crippen molar-refractivity contribution in [3.8, 4) is 0 Å². The van der Waals surface area contributed by atoms with Crippen molar-refractivity contribution in [2.75, 3.05) is 0 Å². The van der Waals surface area contributed by atoms with Gasteiger partial charge in [0.2, 0.25) is 0 Å². The van der Waals surface area contributed by atoms with Crippen molar-refractivity contribution < 1.29 is 22.3 Å². The molecule has 6 heteroatoms. The molecule has 0 bridgehead atoms. The van der Waals surface area contributed by atoms with Crippen molar-refractivity contribution in [3.05, 3.63) is 103 Å². The Morgan fingerprint density at radius 3 is 1.37 bits per heavy atom. The standard InChI is InChI=1S/C29H35N3.2ClH.Fe/c1-20(2)24-14-9-11-18-28(24)31(7)22(5)26-16-13-17-27(30-26)23(6)32(8)29-19-12-10-15-25(29)21(3)4;;;/h9-21H,7-8H2,1-6H3;2*1H;/q;;;+2/p-2. The van der Waals surface area contributed by atoms with Crippen molar-refractivity contribution in [2.24, 2.45) is 0 Å². The van der Waals surface area contributed by atoms with E-state index >= 15 is 0 Å². The summed E-state index contributed by atoms with van der Waals surface area (Å²) in [5, 5.41) is 0. The minimum atomic E-state index is 0.194. The molecule has 0 saturated heterocycles. The monoisotopic (exact) mass is 551 g/mol. The van der Waals surface area contributed by atoms with E-state index in [-0.39, 0.29) is 13.1 Å². The van der Waals surface area contributed by atoms with Gasteiger partial charge in [-0.05, 0) is 61.1 Å². The van der Waals surface area contributed by atoms with E-state index in [0.717, 1.165) is 34.2 Å². The van der Waals surface area contributed by atoms with Crippen LogP contribution in [0.15, 0.2) is 66.7 Å². The molecule has 1 aromatic heterocycles. The summed E-state index contributed by atoms with van der Waals surface area (Å²) in [5.41, 5.74) is 8.58. The summed E-state index contributed by atoms with van der Waals surface area (Å²) in [6.45, 7) is 13.0. The Balaban J connectivity index is 0.00000137. The molecule has 0 saturated carbocycles. The van der Waals surface area contributed by atoms with Crippen LogP contribution >= 0.6 is 20.2 Å². The molecule has 188 valence electrons. The first kappa shape index (κ1) is 29.0. The molecule has 3 aromatic rings. The van der Waals surface area contributed by atoms with Gasteiger partial charge in [0, 0.05) is 14.1 Å². The molecule has 3 nitrogen and oxygen atoms in total. The van der Waals surface area contributed by atoms with E-state index in [4.69, 9.17) is 25.2 Å². The maximum atomic E-state index is 4.98. The van der Waals surface area contributed by atoms with Crippen LogP contribution in [0.4, 0.5) is 11.4 Å². The van der Waals surface area contributed by atoms with Crippen molar-refractivity contribution in [1.29, 1.82) is 0 Å². The quantitative estimate of drug-likeness (QED) is 0.130. The summed E-state index contributed by atoms with van der Waals surface area (Å²) in [6.07, 6.45) is 0. The average Bonchev–Trinajstić information content (AvgIpc) is 2.87. The molecule has 3 rings (SSSR count). The van der Waals surface area contributed by atoms with Crippen LogP contribution in [0.1, 0.15) is 75.9 Å². The van der Waals surface area contributed by atoms with Gasteiger partial charge in [0.15, 0.2) is 0 Å². The van der Waals surface area contributed by atoms with E-state index in [1.807, 2.05) is 21.3 Å². The fraction of sp³-hybridized carbons (Fsp3) is 0.276. The first-order chi connectivity index (χ1) is 16.6. The van der Waals surface area contributed by atoms with Crippen LogP contribution in [0.25, 0.3) is 0 Å². The average molecular weight is 552 g/mol. The second kappa shape index (κ2) is 13.8. The predicted molar refractivity (Wildman–Crippen MR) is 147 cm³/mol. The number of nitrogens with zero attached hydrogens (tertiary/aromatic N) is 3. The summed E-state index contributed by atoms with van der Waals surface area (Å²) in [5.74, 6) is 0.831. The van der Waals surface area contributed by atoms with Gasteiger partial charge in [-0.1, -0.05) is 70.2 Å². The summed E-state index contributed by atoms with van der Waals surface area (Å²) in [6, 6.07) is 23.0. The molecule has 35 heavy (non-hydrogen) atoms. The van der Waals surface area contributed by atoms with E-state index in [2.05, 4.69) is 110 Å². The number of aromatic nitrogens is 1. The predicted octanol–water partition coefficient (Wildman–Crippen LogP) is 8.59. The van der Waals surface area contributed by atoms with Crippen LogP contribution in [0, 0.1) is 14.1 Å². The van der Waals surface area contributed by atoms with Crippen molar-refractivity contribution in [2.45, 2.75) is 53.4 Å². The number of hydrogen-bond donors (Lipinski definition) is 0. The third kappa shape index (κ3) is 7.38. The van der Waals surface area contributed by atoms with Crippen LogP contribution in [0.2, 0.25) is 0 Å². The number of hydrogen-bond acceptors (Lipinski definition) is 1. The Morgan fingerprint density at radius 2 is 1.03 bits per heavy atom. The molecule has 0 atom stereocenters. The first-order valence-corrected chi connectivity index (χ1v) is 14.6. The van der Waals surface area contributed by atoms with Gasteiger partial charge >= 0.3 is 33.3 Å². The molecule has 0 fully saturated rings. The molecule has 0 aliphatic rings. The van der Waals surface area contributed by atoms with Crippen LogP contribution in [-0.4, -0.2) is 25.6 Å². The Kier molecular flexibility index (Phi) is 11.4. The van der Waals surface area contributed by atoms with Gasteiger partial charge in [-0.25, -0.2) is 0 Å². The SMILES string of the molecule is [CH2-][N+](=C(C)c1cccc(C(C)=[N+]([CH2-])c2ccccc2C(C)C)n1)c1ccccc1C(C)C.[Cl][Fe][Cl]. The van der Waals surface area contributed by atoms with Gasteiger partial charge in [0.25, 0.3) is 0 Å². The van der Waals surface area contributed by atoms with Crippen molar-refractivity contribution in [3.63, 3.8) is 0 Å². The molecule has 0 spiro atoms. The number of para-hydroxylation sites is 2. The third-order valence-corrected chi connectivity index (χ3v) is 6.00. The zero-order chi connectivity index (χ0) is 26.1. The number of rotatable bonds is 6. The summed E-state index contributed by atoms with van der Waals surface area (Å²) < 4.78 is 3.99. The summed E-state index contributed by atoms with van der Waals surface area (Å²) in [7, 11) is 18.2. The molecular formula is C29H35Cl2FeN3. The van der Waals surface area contributed by atoms with Gasteiger partial charge in [-0.3, -0.25) is 4.98 Å². The molecule has 1 heterocycles. The molecule has 0 amide bonds. The number of pyridine rings is 1. The molecular weight excluding hydrogens is 517 g/mol. The Morgan fingerprint density at radius 1 is 0.686 bits per heavy atom. The second-order valence-corrected chi connectivity index (χ2v) is 10.7. The van der Waals surface area contributed by atoms with Gasteiger partial charge < -0.3 is 9.15 Å². The maximum absolute atomic E-state index is 4.98. The number of benzene rings is 2. The summed E-state index contributed by atoms with van der Waals surface area (Å²) in [4.78, 5) is 4.98. The topological polar surface area (TPSA) is 18.9 Å². The fourth-order valence-electron chi connectivity index (χ4n) is 3.92. The van der Waals surface area contributed by atoms with Gasteiger partial charge in [-0.15, -0.1) is 0 Å². The third-order valence-electron chi connectivity index (χ3n) is 6.00. The van der Waals surface area contributed by atoms with E-state index in [1.54, 1.807) is 0 Å². The second-order valence-electron chi connectivity index (χ2n) is 8.91. The molecule has 2 aromatic carbocycles. The van der Waals surface area contributed by atoms with Crippen molar-refractivity contribution >= 4 is 43.0 Å². The molecule has 0 radical (unpaired) electrons. The van der Waals surface area contributed by atoms with E-state index < -0.39 is 0 Å². The molecule has 0 N–H and O–H groups in total. The Labute approximate surface area is 226 Å². The van der Waals surface area contributed by atoms with E-state index in [9.17, 15) is 0 Å².